The Labute approximate surface area is 173 Å². The number of ether oxygens (including phenoxy) is 1. The number of hydrogen-bond donors (Lipinski definition) is 1. The number of methoxy groups -OCH3 is 1. The first kappa shape index (κ1) is 20.2. The van der Waals surface area contributed by atoms with Gasteiger partial charge in [-0.2, -0.15) is 0 Å². The van der Waals surface area contributed by atoms with Gasteiger partial charge in [-0.15, -0.1) is 10.2 Å². The molecule has 0 unspecified atom stereocenters. The molecule has 3 rings (SSSR count). The van der Waals surface area contributed by atoms with Gasteiger partial charge >= 0.3 is 0 Å². The van der Waals surface area contributed by atoms with Gasteiger partial charge in [-0.3, -0.25) is 4.79 Å². The monoisotopic (exact) mass is 416 g/mol. The number of aromatic nitrogens is 3. The van der Waals surface area contributed by atoms with Crippen molar-refractivity contribution in [1.29, 1.82) is 0 Å². The zero-order valence-corrected chi connectivity index (χ0v) is 17.3. The fourth-order valence-electron chi connectivity index (χ4n) is 2.71. The largest absolute Gasteiger partial charge is 0.496 e. The van der Waals surface area contributed by atoms with Gasteiger partial charge in [-0.25, -0.2) is 0 Å². The second-order valence-electron chi connectivity index (χ2n) is 5.95. The molecule has 1 heterocycles. The van der Waals surface area contributed by atoms with Gasteiger partial charge < -0.3 is 14.6 Å². The lowest BCUT2D eigenvalue weighted by Crippen LogP contribution is -2.24. The van der Waals surface area contributed by atoms with Crippen molar-refractivity contribution in [2.75, 3.05) is 12.9 Å². The van der Waals surface area contributed by atoms with E-state index in [1.807, 2.05) is 41.8 Å². The predicted octanol–water partition coefficient (Wildman–Crippen LogP) is 4.04. The molecule has 146 valence electrons. The SMILES string of the molecule is CCn1c(SCC(=O)NCc2ccccc2)nnc1-c1cc(Cl)ccc1OC. The first-order valence-corrected chi connectivity index (χ1v) is 10.2. The summed E-state index contributed by atoms with van der Waals surface area (Å²) in [6.07, 6.45) is 0. The van der Waals surface area contributed by atoms with Crippen molar-refractivity contribution in [1.82, 2.24) is 20.1 Å². The Morgan fingerprint density at radius 2 is 2.00 bits per heavy atom. The highest BCUT2D eigenvalue weighted by molar-refractivity contribution is 7.99. The topological polar surface area (TPSA) is 69.0 Å². The Morgan fingerprint density at radius 3 is 2.71 bits per heavy atom. The third kappa shape index (κ3) is 4.85. The van der Waals surface area contributed by atoms with Crippen LogP contribution in [0.5, 0.6) is 5.75 Å². The summed E-state index contributed by atoms with van der Waals surface area (Å²) in [6.45, 7) is 3.17. The number of benzene rings is 2. The van der Waals surface area contributed by atoms with Crippen LogP contribution in [0.2, 0.25) is 5.02 Å². The zero-order chi connectivity index (χ0) is 19.9. The smallest absolute Gasteiger partial charge is 0.230 e. The number of nitrogens with zero attached hydrogens (tertiary/aromatic N) is 3. The molecule has 1 amide bonds. The number of carbonyl (C=O) groups is 1. The molecule has 0 aliphatic heterocycles. The summed E-state index contributed by atoms with van der Waals surface area (Å²) in [7, 11) is 1.60. The molecule has 1 N–H and O–H groups in total. The zero-order valence-electron chi connectivity index (χ0n) is 15.7. The Balaban J connectivity index is 1.69. The summed E-state index contributed by atoms with van der Waals surface area (Å²) in [5.74, 6) is 1.54. The fraction of sp³-hybridized carbons (Fsp3) is 0.250. The van der Waals surface area contributed by atoms with Gasteiger partial charge in [0.2, 0.25) is 5.91 Å². The van der Waals surface area contributed by atoms with Gasteiger partial charge in [0, 0.05) is 18.1 Å². The number of rotatable bonds is 8. The van der Waals surface area contributed by atoms with Gasteiger partial charge in [0.05, 0.1) is 18.4 Å². The van der Waals surface area contributed by atoms with E-state index in [2.05, 4.69) is 15.5 Å². The van der Waals surface area contributed by atoms with Crippen LogP contribution in [0.15, 0.2) is 53.7 Å². The Morgan fingerprint density at radius 1 is 1.21 bits per heavy atom. The quantitative estimate of drug-likeness (QED) is 0.561. The number of amides is 1. The van der Waals surface area contributed by atoms with Crippen molar-refractivity contribution in [2.24, 2.45) is 0 Å². The molecule has 0 fully saturated rings. The average molecular weight is 417 g/mol. The molecular formula is C20H21ClN4O2S. The highest BCUT2D eigenvalue weighted by Crippen LogP contribution is 2.33. The fourth-order valence-corrected chi connectivity index (χ4v) is 3.72. The molecule has 0 spiro atoms. The predicted molar refractivity (Wildman–Crippen MR) is 112 cm³/mol. The lowest BCUT2D eigenvalue weighted by Gasteiger charge is -2.11. The molecule has 28 heavy (non-hydrogen) atoms. The Kier molecular flexibility index (Phi) is 6.95. The molecule has 0 aliphatic carbocycles. The number of nitrogens with one attached hydrogen (secondary N) is 1. The van der Waals surface area contributed by atoms with E-state index >= 15 is 0 Å². The third-order valence-electron chi connectivity index (χ3n) is 4.10. The summed E-state index contributed by atoms with van der Waals surface area (Å²) in [6, 6.07) is 15.2. The van der Waals surface area contributed by atoms with E-state index in [4.69, 9.17) is 16.3 Å². The van der Waals surface area contributed by atoms with Crippen LogP contribution in [0, 0.1) is 0 Å². The normalized spacial score (nSPS) is 10.7. The maximum absolute atomic E-state index is 12.2. The molecule has 0 saturated heterocycles. The van der Waals surface area contributed by atoms with Crippen LogP contribution < -0.4 is 10.1 Å². The molecule has 0 radical (unpaired) electrons. The van der Waals surface area contributed by atoms with Crippen molar-refractivity contribution < 1.29 is 9.53 Å². The van der Waals surface area contributed by atoms with Gasteiger partial charge in [-0.05, 0) is 30.7 Å². The second-order valence-corrected chi connectivity index (χ2v) is 7.32. The molecule has 0 atom stereocenters. The van der Waals surface area contributed by atoms with E-state index in [0.717, 1.165) is 11.1 Å². The first-order chi connectivity index (χ1) is 13.6. The minimum absolute atomic E-state index is 0.0543. The van der Waals surface area contributed by atoms with Crippen molar-refractivity contribution >= 4 is 29.3 Å². The molecule has 3 aromatic rings. The van der Waals surface area contributed by atoms with Crippen molar-refractivity contribution in [3.63, 3.8) is 0 Å². The van der Waals surface area contributed by atoms with Gasteiger partial charge in [-0.1, -0.05) is 53.7 Å². The first-order valence-electron chi connectivity index (χ1n) is 8.83. The Hall–Kier alpha value is -2.51. The minimum atomic E-state index is -0.0543. The van der Waals surface area contributed by atoms with Gasteiger partial charge in [0.1, 0.15) is 5.75 Å². The number of halogens is 1. The highest BCUT2D eigenvalue weighted by atomic mass is 35.5. The van der Waals surface area contributed by atoms with E-state index < -0.39 is 0 Å². The molecule has 0 saturated carbocycles. The van der Waals surface area contributed by atoms with Crippen molar-refractivity contribution in [3.8, 4) is 17.1 Å². The van der Waals surface area contributed by atoms with Crippen LogP contribution >= 0.6 is 23.4 Å². The summed E-state index contributed by atoms with van der Waals surface area (Å²) < 4.78 is 7.37. The van der Waals surface area contributed by atoms with Crippen molar-refractivity contribution in [2.45, 2.75) is 25.2 Å². The van der Waals surface area contributed by atoms with E-state index in [1.54, 1.807) is 25.3 Å². The second kappa shape index (κ2) is 9.61. The average Bonchev–Trinajstić information content (AvgIpc) is 3.14. The minimum Gasteiger partial charge on any atom is -0.496 e. The van der Waals surface area contributed by atoms with Crippen LogP contribution in [-0.4, -0.2) is 33.5 Å². The van der Waals surface area contributed by atoms with Crippen LogP contribution in [0.3, 0.4) is 0 Å². The maximum Gasteiger partial charge on any atom is 0.230 e. The van der Waals surface area contributed by atoms with Crippen LogP contribution in [0.25, 0.3) is 11.4 Å². The third-order valence-corrected chi connectivity index (χ3v) is 5.30. The molecule has 0 aliphatic rings. The molecule has 1 aromatic heterocycles. The lowest BCUT2D eigenvalue weighted by molar-refractivity contribution is -0.118. The summed E-state index contributed by atoms with van der Waals surface area (Å²) in [4.78, 5) is 12.2. The van der Waals surface area contributed by atoms with E-state index in [0.29, 0.717) is 34.8 Å². The lowest BCUT2D eigenvalue weighted by atomic mass is 10.2. The molecule has 0 bridgehead atoms. The van der Waals surface area contributed by atoms with E-state index in [1.165, 1.54) is 11.8 Å². The summed E-state index contributed by atoms with van der Waals surface area (Å²) >= 11 is 7.49. The molecular weight excluding hydrogens is 396 g/mol. The van der Waals surface area contributed by atoms with Crippen molar-refractivity contribution in [3.05, 3.63) is 59.1 Å². The molecule has 8 heteroatoms. The van der Waals surface area contributed by atoms with Crippen LogP contribution in [0.1, 0.15) is 12.5 Å². The van der Waals surface area contributed by atoms with Gasteiger partial charge in [0.25, 0.3) is 0 Å². The summed E-state index contributed by atoms with van der Waals surface area (Å²) in [5.41, 5.74) is 1.83. The number of carbonyl (C=O) groups excluding carboxylic acids is 1. The molecule has 2 aromatic carbocycles. The summed E-state index contributed by atoms with van der Waals surface area (Å²) in [5, 5.41) is 12.7. The molecule has 6 nitrogen and oxygen atoms in total. The standard InChI is InChI=1S/C20H21ClN4O2S/c1-3-25-19(16-11-15(21)9-10-17(16)27-2)23-24-20(25)28-13-18(26)22-12-14-7-5-4-6-8-14/h4-11H,3,12-13H2,1-2H3,(H,22,26). The maximum atomic E-state index is 12.2. The van der Waals surface area contributed by atoms with Crippen LogP contribution in [-0.2, 0) is 17.9 Å². The van der Waals surface area contributed by atoms with E-state index in [9.17, 15) is 4.79 Å². The van der Waals surface area contributed by atoms with Crippen LogP contribution in [0.4, 0.5) is 0 Å². The number of hydrogen-bond acceptors (Lipinski definition) is 5. The highest BCUT2D eigenvalue weighted by Gasteiger charge is 2.18. The number of thioether (sulfide) groups is 1. The Bertz CT molecular complexity index is 947. The van der Waals surface area contributed by atoms with E-state index in [-0.39, 0.29) is 11.7 Å². The van der Waals surface area contributed by atoms with Gasteiger partial charge in [0.15, 0.2) is 11.0 Å².